The van der Waals surface area contributed by atoms with E-state index in [9.17, 15) is 4.79 Å². The number of nitrogens with zero attached hydrogens (tertiary/aromatic N) is 1. The molecule has 25 heavy (non-hydrogen) atoms. The Hall–Kier alpha value is -2.08. The number of anilines is 1. The summed E-state index contributed by atoms with van der Waals surface area (Å²) in [5, 5.41) is 6.40. The highest BCUT2D eigenvalue weighted by molar-refractivity contribution is 6.33. The van der Waals surface area contributed by atoms with E-state index in [0.29, 0.717) is 10.7 Å². The number of halogens is 1. The van der Waals surface area contributed by atoms with Crippen molar-refractivity contribution in [2.75, 3.05) is 38.2 Å². The van der Waals surface area contributed by atoms with Crippen molar-refractivity contribution in [3.63, 3.8) is 0 Å². The zero-order valence-corrected chi connectivity index (χ0v) is 14.7. The first-order valence-electron chi connectivity index (χ1n) is 8.39. The van der Waals surface area contributed by atoms with Crippen LogP contribution in [0.4, 0.5) is 10.5 Å². The average Bonchev–Trinajstić information content (AvgIpc) is 2.65. The minimum absolute atomic E-state index is 0.109. The van der Waals surface area contributed by atoms with Gasteiger partial charge in [-0.3, -0.25) is 4.90 Å². The average molecular weight is 360 g/mol. The van der Waals surface area contributed by atoms with Gasteiger partial charge in [0, 0.05) is 19.6 Å². The quantitative estimate of drug-likeness (QED) is 0.858. The minimum Gasteiger partial charge on any atom is -0.379 e. The second kappa shape index (κ2) is 8.85. The van der Waals surface area contributed by atoms with E-state index in [0.717, 1.165) is 38.4 Å². The molecule has 5 nitrogen and oxygen atoms in total. The zero-order chi connectivity index (χ0) is 17.5. The predicted molar refractivity (Wildman–Crippen MR) is 100 cm³/mol. The molecule has 1 unspecified atom stereocenters. The first-order valence-corrected chi connectivity index (χ1v) is 8.77. The van der Waals surface area contributed by atoms with Gasteiger partial charge < -0.3 is 15.4 Å². The number of nitrogens with one attached hydrogen (secondary N) is 2. The number of ether oxygens (including phenoxy) is 1. The van der Waals surface area contributed by atoms with Gasteiger partial charge in [0.25, 0.3) is 0 Å². The third-order valence-corrected chi connectivity index (χ3v) is 4.50. The zero-order valence-electron chi connectivity index (χ0n) is 14.0. The third-order valence-electron chi connectivity index (χ3n) is 4.17. The molecule has 2 N–H and O–H groups in total. The van der Waals surface area contributed by atoms with Crippen molar-refractivity contribution in [1.82, 2.24) is 10.2 Å². The fraction of sp³-hybridized carbons (Fsp3) is 0.316. The van der Waals surface area contributed by atoms with Crippen LogP contribution in [0.2, 0.25) is 5.02 Å². The fourth-order valence-corrected chi connectivity index (χ4v) is 3.02. The summed E-state index contributed by atoms with van der Waals surface area (Å²) >= 11 is 6.11. The van der Waals surface area contributed by atoms with Gasteiger partial charge in [0.15, 0.2) is 0 Å². The van der Waals surface area contributed by atoms with Crippen molar-refractivity contribution in [1.29, 1.82) is 0 Å². The number of hydrogen-bond acceptors (Lipinski definition) is 3. The fourth-order valence-electron chi connectivity index (χ4n) is 2.84. The number of benzene rings is 2. The summed E-state index contributed by atoms with van der Waals surface area (Å²) < 4.78 is 5.40. The first-order chi connectivity index (χ1) is 12.2. The minimum atomic E-state index is -0.268. The maximum absolute atomic E-state index is 12.5. The molecular formula is C19H22ClN3O2. The number of urea groups is 1. The van der Waals surface area contributed by atoms with Gasteiger partial charge in [0.1, 0.15) is 0 Å². The smallest absolute Gasteiger partial charge is 0.319 e. The Balaban J connectivity index is 1.68. The molecule has 1 aliphatic rings. The Kier molecular flexibility index (Phi) is 6.28. The van der Waals surface area contributed by atoms with Crippen LogP contribution < -0.4 is 10.6 Å². The predicted octanol–water partition coefficient (Wildman–Crippen LogP) is 3.54. The van der Waals surface area contributed by atoms with Crippen molar-refractivity contribution in [2.24, 2.45) is 0 Å². The van der Waals surface area contributed by atoms with Crippen LogP contribution in [-0.2, 0) is 4.74 Å². The molecule has 1 heterocycles. The lowest BCUT2D eigenvalue weighted by molar-refractivity contribution is 0.0340. The third kappa shape index (κ3) is 5.19. The van der Waals surface area contributed by atoms with Gasteiger partial charge in [0.05, 0.1) is 30.0 Å². The van der Waals surface area contributed by atoms with Gasteiger partial charge in [-0.2, -0.15) is 0 Å². The van der Waals surface area contributed by atoms with Crippen LogP contribution in [-0.4, -0.2) is 43.8 Å². The van der Waals surface area contributed by atoms with E-state index in [4.69, 9.17) is 16.3 Å². The van der Waals surface area contributed by atoms with Gasteiger partial charge in [-0.15, -0.1) is 0 Å². The Morgan fingerprint density at radius 1 is 1.08 bits per heavy atom. The van der Waals surface area contributed by atoms with Crippen LogP contribution in [0.15, 0.2) is 54.6 Å². The van der Waals surface area contributed by atoms with Crippen LogP contribution in [0, 0.1) is 0 Å². The Morgan fingerprint density at radius 2 is 1.76 bits per heavy atom. The number of para-hydroxylation sites is 1. The normalized spacial score (nSPS) is 16.2. The van der Waals surface area contributed by atoms with Gasteiger partial charge in [0.2, 0.25) is 0 Å². The number of morpholine rings is 1. The molecule has 1 atom stereocenters. The molecule has 1 fully saturated rings. The monoisotopic (exact) mass is 359 g/mol. The molecule has 0 saturated carbocycles. The van der Waals surface area contributed by atoms with Gasteiger partial charge in [-0.25, -0.2) is 4.79 Å². The number of amides is 2. The van der Waals surface area contributed by atoms with E-state index >= 15 is 0 Å². The lowest BCUT2D eigenvalue weighted by Gasteiger charge is -2.31. The lowest BCUT2D eigenvalue weighted by atomic mass is 10.1. The lowest BCUT2D eigenvalue weighted by Crippen LogP contribution is -2.44. The Bertz CT molecular complexity index is 690. The summed E-state index contributed by atoms with van der Waals surface area (Å²) in [6.45, 7) is 3.94. The van der Waals surface area contributed by atoms with Crippen LogP contribution in [0.3, 0.4) is 0 Å². The van der Waals surface area contributed by atoms with Crippen LogP contribution in [0.5, 0.6) is 0 Å². The maximum atomic E-state index is 12.5. The topological polar surface area (TPSA) is 53.6 Å². The highest BCUT2D eigenvalue weighted by atomic mass is 35.5. The van der Waals surface area contributed by atoms with E-state index in [1.54, 1.807) is 12.1 Å². The van der Waals surface area contributed by atoms with Crippen molar-refractivity contribution < 1.29 is 9.53 Å². The molecule has 2 aromatic carbocycles. The number of hydrogen-bond donors (Lipinski definition) is 2. The summed E-state index contributed by atoms with van der Waals surface area (Å²) in [4.78, 5) is 14.8. The van der Waals surface area contributed by atoms with E-state index in [-0.39, 0.29) is 12.1 Å². The molecule has 0 bridgehead atoms. The Labute approximate surface area is 152 Å². The largest absolute Gasteiger partial charge is 0.379 e. The molecule has 0 aliphatic carbocycles. The summed E-state index contributed by atoms with van der Waals surface area (Å²) in [6.07, 6.45) is 0. The van der Waals surface area contributed by atoms with Crippen molar-refractivity contribution in [3.05, 3.63) is 65.2 Å². The molecular weight excluding hydrogens is 338 g/mol. The Morgan fingerprint density at radius 3 is 2.48 bits per heavy atom. The molecule has 132 valence electrons. The molecule has 6 heteroatoms. The summed E-state index contributed by atoms with van der Waals surface area (Å²) in [5.41, 5.74) is 1.67. The molecule has 3 rings (SSSR count). The second-order valence-electron chi connectivity index (χ2n) is 5.95. The van der Waals surface area contributed by atoms with Crippen molar-refractivity contribution in [2.45, 2.75) is 6.04 Å². The standard InChI is InChI=1S/C19H22ClN3O2/c20-16-8-4-5-9-17(16)21-19(24)22-18(15-6-2-1-3-7-15)14-23-10-12-25-13-11-23/h1-9,18H,10-14H2,(H2,21,22,24). The second-order valence-corrected chi connectivity index (χ2v) is 6.36. The van der Waals surface area contributed by atoms with E-state index < -0.39 is 0 Å². The van der Waals surface area contributed by atoms with Gasteiger partial charge in [-0.1, -0.05) is 54.1 Å². The maximum Gasteiger partial charge on any atom is 0.319 e. The molecule has 0 aromatic heterocycles. The summed E-state index contributed by atoms with van der Waals surface area (Å²) in [5.74, 6) is 0. The van der Waals surface area contributed by atoms with E-state index in [1.165, 1.54) is 0 Å². The molecule has 0 spiro atoms. The van der Waals surface area contributed by atoms with Crippen molar-refractivity contribution in [3.8, 4) is 0 Å². The number of rotatable bonds is 5. The van der Waals surface area contributed by atoms with Crippen LogP contribution in [0.25, 0.3) is 0 Å². The van der Waals surface area contributed by atoms with E-state index in [2.05, 4.69) is 15.5 Å². The summed E-state index contributed by atoms with van der Waals surface area (Å²) in [6, 6.07) is 16.8. The molecule has 1 saturated heterocycles. The van der Waals surface area contributed by atoms with Gasteiger partial charge >= 0.3 is 6.03 Å². The number of carbonyl (C=O) groups excluding carboxylic acids is 1. The molecule has 0 radical (unpaired) electrons. The number of carbonyl (C=O) groups is 1. The summed E-state index contributed by atoms with van der Waals surface area (Å²) in [7, 11) is 0. The molecule has 2 amide bonds. The highest BCUT2D eigenvalue weighted by Gasteiger charge is 2.20. The van der Waals surface area contributed by atoms with Gasteiger partial charge in [-0.05, 0) is 17.7 Å². The highest BCUT2D eigenvalue weighted by Crippen LogP contribution is 2.21. The van der Waals surface area contributed by atoms with E-state index in [1.807, 2.05) is 42.5 Å². The SMILES string of the molecule is O=C(Nc1ccccc1Cl)NC(CN1CCOCC1)c1ccccc1. The first kappa shape index (κ1) is 17.7. The molecule has 1 aliphatic heterocycles. The van der Waals surface area contributed by atoms with Crippen molar-refractivity contribution >= 4 is 23.3 Å². The van der Waals surface area contributed by atoms with Crippen LogP contribution >= 0.6 is 11.6 Å². The van der Waals surface area contributed by atoms with Crippen LogP contribution in [0.1, 0.15) is 11.6 Å². The molecule has 2 aromatic rings.